The van der Waals surface area contributed by atoms with Crippen molar-refractivity contribution >= 4 is 17.4 Å². The van der Waals surface area contributed by atoms with Gasteiger partial charge in [0.25, 0.3) is 5.91 Å². The third-order valence-electron chi connectivity index (χ3n) is 4.50. The molecule has 1 saturated heterocycles. The Hall–Kier alpha value is -1.87. The molecule has 23 heavy (non-hydrogen) atoms. The lowest BCUT2D eigenvalue weighted by molar-refractivity contribution is 0.0739. The van der Waals surface area contributed by atoms with Gasteiger partial charge in [-0.1, -0.05) is 9.70 Å². The van der Waals surface area contributed by atoms with Gasteiger partial charge in [-0.25, -0.2) is 4.68 Å². The van der Waals surface area contributed by atoms with Gasteiger partial charge in [-0.2, -0.15) is 0 Å². The third-order valence-corrected chi connectivity index (χ3v) is 5.00. The largest absolute Gasteiger partial charge is 0.331 e. The van der Waals surface area contributed by atoms with Crippen LogP contribution in [0.4, 0.5) is 0 Å². The van der Waals surface area contributed by atoms with Crippen LogP contribution in [0.15, 0.2) is 5.38 Å². The highest BCUT2D eigenvalue weighted by Crippen LogP contribution is 2.19. The lowest BCUT2D eigenvalue weighted by Crippen LogP contribution is -2.31. The molecule has 2 aliphatic rings. The summed E-state index contributed by atoms with van der Waals surface area (Å²) in [5, 5.41) is 14.3. The molecular weight excluding hydrogens is 314 g/mol. The number of aryl methyl sites for hydroxylation is 1. The number of aromatic nitrogens is 5. The number of rotatable bonds is 3. The van der Waals surface area contributed by atoms with E-state index in [1.54, 1.807) is 5.38 Å². The van der Waals surface area contributed by atoms with Crippen LogP contribution in [0.3, 0.4) is 0 Å². The number of nitrogens with zero attached hydrogens (tertiary/aromatic N) is 7. The normalized spacial score (nSPS) is 18.9. The van der Waals surface area contributed by atoms with Crippen molar-refractivity contribution in [3.63, 3.8) is 0 Å². The molecule has 0 aliphatic carbocycles. The van der Waals surface area contributed by atoms with Crippen molar-refractivity contribution in [2.24, 2.45) is 0 Å². The van der Waals surface area contributed by atoms with Gasteiger partial charge >= 0.3 is 0 Å². The Morgan fingerprint density at radius 2 is 2.00 bits per heavy atom. The lowest BCUT2D eigenvalue weighted by Gasteiger charge is -2.20. The molecule has 0 bridgehead atoms. The molecule has 8 nitrogen and oxygen atoms in total. The molecule has 9 heteroatoms. The third kappa shape index (κ3) is 2.98. The van der Waals surface area contributed by atoms with E-state index in [9.17, 15) is 4.79 Å². The van der Waals surface area contributed by atoms with Gasteiger partial charge in [0, 0.05) is 25.0 Å². The summed E-state index contributed by atoms with van der Waals surface area (Å²) < 4.78 is 5.75. The second-order valence-corrected chi connectivity index (χ2v) is 6.67. The highest BCUT2D eigenvalue weighted by atomic mass is 32.1. The maximum atomic E-state index is 12.6. The Labute approximate surface area is 138 Å². The molecule has 1 fully saturated rings. The first-order valence-electron chi connectivity index (χ1n) is 8.01. The van der Waals surface area contributed by atoms with Crippen LogP contribution in [-0.4, -0.2) is 59.9 Å². The zero-order chi connectivity index (χ0) is 15.6. The van der Waals surface area contributed by atoms with Gasteiger partial charge in [-0.15, -0.1) is 10.2 Å². The lowest BCUT2D eigenvalue weighted by atomic mass is 10.2. The maximum absolute atomic E-state index is 12.6. The summed E-state index contributed by atoms with van der Waals surface area (Å²) >= 11 is 1.20. The van der Waals surface area contributed by atoms with Crippen molar-refractivity contribution in [2.45, 2.75) is 38.9 Å². The van der Waals surface area contributed by atoms with Gasteiger partial charge in [0.05, 0.1) is 12.2 Å². The van der Waals surface area contributed by atoms with Gasteiger partial charge in [-0.3, -0.25) is 9.69 Å². The van der Waals surface area contributed by atoms with E-state index in [-0.39, 0.29) is 5.91 Å². The van der Waals surface area contributed by atoms with Gasteiger partial charge in [0.2, 0.25) is 0 Å². The maximum Gasteiger partial charge on any atom is 0.275 e. The topological polar surface area (TPSA) is 80.0 Å². The highest BCUT2D eigenvalue weighted by Gasteiger charge is 2.26. The minimum Gasteiger partial charge on any atom is -0.331 e. The van der Waals surface area contributed by atoms with E-state index in [0.717, 1.165) is 44.0 Å². The number of hydrogen-bond donors (Lipinski definition) is 0. The van der Waals surface area contributed by atoms with Crippen LogP contribution in [-0.2, 0) is 19.6 Å². The summed E-state index contributed by atoms with van der Waals surface area (Å²) in [5.74, 6) is -0.0551. The van der Waals surface area contributed by atoms with E-state index in [4.69, 9.17) is 0 Å². The molecule has 0 radical (unpaired) electrons. The summed E-state index contributed by atoms with van der Waals surface area (Å²) in [6.45, 7) is 5.14. The Morgan fingerprint density at radius 1 is 1.13 bits per heavy atom. The van der Waals surface area contributed by atoms with Crippen molar-refractivity contribution in [1.29, 1.82) is 0 Å². The van der Waals surface area contributed by atoms with E-state index < -0.39 is 0 Å². The zero-order valence-electron chi connectivity index (χ0n) is 12.9. The number of carbonyl (C=O) groups excluding carboxylic acids is 1. The van der Waals surface area contributed by atoms with E-state index in [2.05, 4.69) is 24.8 Å². The van der Waals surface area contributed by atoms with Crippen LogP contribution < -0.4 is 0 Å². The fourth-order valence-corrected chi connectivity index (χ4v) is 3.69. The molecule has 0 saturated carbocycles. The Morgan fingerprint density at radius 3 is 2.78 bits per heavy atom. The number of likely N-dealkylation sites (tertiary alicyclic amines) is 1. The first-order valence-corrected chi connectivity index (χ1v) is 8.85. The monoisotopic (exact) mass is 333 g/mol. The Kier molecular flexibility index (Phi) is 4.04. The molecule has 122 valence electrons. The number of hydrogen-bond acceptors (Lipinski definition) is 7. The quantitative estimate of drug-likeness (QED) is 0.825. The fraction of sp³-hybridized carbons (Fsp3) is 0.643. The van der Waals surface area contributed by atoms with Gasteiger partial charge in [-0.05, 0) is 43.9 Å². The predicted molar refractivity (Wildman–Crippen MR) is 83.8 cm³/mol. The van der Waals surface area contributed by atoms with Gasteiger partial charge in [0.15, 0.2) is 5.69 Å². The second kappa shape index (κ2) is 6.32. The summed E-state index contributed by atoms with van der Waals surface area (Å²) in [4.78, 5) is 16.8. The van der Waals surface area contributed by atoms with Crippen molar-refractivity contribution < 1.29 is 4.79 Å². The van der Waals surface area contributed by atoms with Crippen LogP contribution >= 0.6 is 11.5 Å². The minimum absolute atomic E-state index is 0.0551. The number of carbonyl (C=O) groups is 1. The number of fused-ring (bicyclic) bond motifs is 1. The molecule has 2 aliphatic heterocycles. The molecule has 2 aromatic heterocycles. The standard InChI is InChI=1S/C14H19N7OS/c22-14(12-10-23-18-16-12)20-6-3-7-21-13(9-20)11(15-17-21)8-19-4-1-2-5-19/h10H,1-9H2. The van der Waals surface area contributed by atoms with Crippen molar-refractivity contribution in [2.75, 3.05) is 19.6 Å². The first kappa shape index (κ1) is 14.7. The molecule has 2 aromatic rings. The van der Waals surface area contributed by atoms with Crippen LogP contribution in [0.5, 0.6) is 0 Å². The molecule has 0 atom stereocenters. The van der Waals surface area contributed by atoms with Crippen LogP contribution in [0, 0.1) is 0 Å². The summed E-state index contributed by atoms with van der Waals surface area (Å²) in [7, 11) is 0. The van der Waals surface area contributed by atoms with E-state index >= 15 is 0 Å². The summed E-state index contributed by atoms with van der Waals surface area (Å²) in [6.07, 6.45) is 3.39. The fourth-order valence-electron chi connectivity index (χ4n) is 3.26. The molecule has 4 heterocycles. The summed E-state index contributed by atoms with van der Waals surface area (Å²) in [5.41, 5.74) is 2.49. The van der Waals surface area contributed by atoms with E-state index in [1.807, 2.05) is 9.58 Å². The molecule has 0 N–H and O–H groups in total. The number of amides is 1. The zero-order valence-corrected chi connectivity index (χ0v) is 13.7. The Balaban J connectivity index is 1.55. The van der Waals surface area contributed by atoms with Crippen molar-refractivity contribution in [3.05, 3.63) is 22.5 Å². The second-order valence-electron chi connectivity index (χ2n) is 6.06. The van der Waals surface area contributed by atoms with E-state index in [1.165, 1.54) is 24.4 Å². The van der Waals surface area contributed by atoms with Gasteiger partial charge < -0.3 is 4.90 Å². The van der Waals surface area contributed by atoms with Crippen molar-refractivity contribution in [1.82, 2.24) is 34.4 Å². The molecular formula is C14H19N7OS. The summed E-state index contributed by atoms with van der Waals surface area (Å²) in [6, 6.07) is 0. The first-order chi connectivity index (χ1) is 11.3. The minimum atomic E-state index is -0.0551. The predicted octanol–water partition coefficient (Wildman–Crippen LogP) is 0.771. The smallest absolute Gasteiger partial charge is 0.275 e. The highest BCUT2D eigenvalue weighted by molar-refractivity contribution is 7.03. The average molecular weight is 333 g/mol. The van der Waals surface area contributed by atoms with Crippen molar-refractivity contribution in [3.8, 4) is 0 Å². The van der Waals surface area contributed by atoms with E-state index in [0.29, 0.717) is 18.8 Å². The SMILES string of the molecule is O=C(c1csnn1)N1CCCn2nnc(CN3CCCC3)c2C1. The molecule has 0 spiro atoms. The molecule has 0 aromatic carbocycles. The van der Waals surface area contributed by atoms with Gasteiger partial charge in [0.1, 0.15) is 5.69 Å². The molecule has 1 amide bonds. The Bertz CT molecular complexity index is 677. The van der Waals surface area contributed by atoms with Crippen LogP contribution in [0.2, 0.25) is 0 Å². The molecule has 4 rings (SSSR count). The van der Waals surface area contributed by atoms with Crippen LogP contribution in [0.1, 0.15) is 41.1 Å². The van der Waals surface area contributed by atoms with Crippen LogP contribution in [0.25, 0.3) is 0 Å². The average Bonchev–Trinajstić information content (AvgIpc) is 3.29. The molecule has 0 unspecified atom stereocenters.